The van der Waals surface area contributed by atoms with E-state index in [4.69, 9.17) is 16.0 Å². The van der Waals surface area contributed by atoms with E-state index in [2.05, 4.69) is 15.1 Å². The molecule has 19 heavy (non-hydrogen) atoms. The fraction of sp³-hybridized carbons (Fsp3) is 0.462. The summed E-state index contributed by atoms with van der Waals surface area (Å²) >= 11 is 0. The molecule has 6 nitrogen and oxygen atoms in total. The average molecular weight is 263 g/mol. The summed E-state index contributed by atoms with van der Waals surface area (Å²) in [4.78, 5) is 19.1. The Hall–Kier alpha value is -2.29. The smallest absolute Gasteiger partial charge is 0.411 e. The van der Waals surface area contributed by atoms with Crippen LogP contribution in [0.4, 0.5) is 16.2 Å². The van der Waals surface area contributed by atoms with Crippen LogP contribution in [0.15, 0.2) is 6.07 Å². The molecule has 1 heterocycles. The molecule has 0 radical (unpaired) electrons. The minimum Gasteiger partial charge on any atom is -0.490 e. The van der Waals surface area contributed by atoms with E-state index in [-0.39, 0.29) is 11.6 Å². The Morgan fingerprint density at radius 3 is 2.58 bits per heavy atom. The van der Waals surface area contributed by atoms with Crippen molar-refractivity contribution >= 4 is 17.5 Å². The van der Waals surface area contributed by atoms with Gasteiger partial charge in [0, 0.05) is 5.69 Å². The van der Waals surface area contributed by atoms with Crippen molar-refractivity contribution in [3.8, 4) is 5.88 Å². The minimum absolute atomic E-state index is 0.152. The van der Waals surface area contributed by atoms with Crippen LogP contribution in [0.3, 0.4) is 0 Å². The highest BCUT2D eigenvalue weighted by atomic mass is 16.6. The summed E-state index contributed by atoms with van der Waals surface area (Å²) < 4.78 is 10.2. The lowest BCUT2D eigenvalue weighted by molar-refractivity contribution is 0.0636. The molecule has 0 saturated carbocycles. The van der Waals surface area contributed by atoms with Gasteiger partial charge in [0.25, 0.3) is 5.69 Å². The van der Waals surface area contributed by atoms with Crippen molar-refractivity contribution in [2.45, 2.75) is 33.3 Å². The summed E-state index contributed by atoms with van der Waals surface area (Å²) in [6.07, 6.45) is -0.620. The number of hydrogen-bond donors (Lipinski definition) is 1. The number of anilines is 1. The number of pyridine rings is 1. The fourth-order valence-corrected chi connectivity index (χ4v) is 1.40. The first-order valence-electron chi connectivity index (χ1n) is 5.70. The molecule has 1 aromatic rings. The van der Waals surface area contributed by atoms with Gasteiger partial charge < -0.3 is 14.8 Å². The summed E-state index contributed by atoms with van der Waals surface area (Å²) in [6, 6.07) is 1.60. The first-order valence-corrected chi connectivity index (χ1v) is 5.70. The summed E-state index contributed by atoms with van der Waals surface area (Å²) in [6.45, 7) is 14.2. The molecule has 1 aromatic heterocycles. The molecule has 0 saturated heterocycles. The number of carbonyl (C=O) groups excluding carboxylic acids is 1. The number of rotatable bonds is 2. The minimum atomic E-state index is -0.620. The van der Waals surface area contributed by atoms with E-state index >= 15 is 0 Å². The SMILES string of the molecule is [C-]#[N+]c1c(NC(=O)OC(C)(C)C)cc(C)nc1OC. The van der Waals surface area contributed by atoms with E-state index in [1.807, 2.05) is 0 Å². The Kier molecular flexibility index (Phi) is 4.33. The van der Waals surface area contributed by atoms with Crippen molar-refractivity contribution in [3.05, 3.63) is 23.2 Å². The van der Waals surface area contributed by atoms with E-state index < -0.39 is 11.7 Å². The molecule has 0 bridgehead atoms. The monoisotopic (exact) mass is 263 g/mol. The zero-order chi connectivity index (χ0) is 14.6. The van der Waals surface area contributed by atoms with Crippen LogP contribution >= 0.6 is 0 Å². The maximum atomic E-state index is 11.7. The van der Waals surface area contributed by atoms with Crippen LogP contribution in [0.25, 0.3) is 4.85 Å². The number of amides is 1. The fourth-order valence-electron chi connectivity index (χ4n) is 1.40. The van der Waals surface area contributed by atoms with Gasteiger partial charge in [-0.15, -0.1) is 0 Å². The van der Waals surface area contributed by atoms with Gasteiger partial charge in [-0.05, 0) is 33.8 Å². The molecule has 0 aromatic carbocycles. The van der Waals surface area contributed by atoms with Crippen molar-refractivity contribution < 1.29 is 14.3 Å². The summed E-state index contributed by atoms with van der Waals surface area (Å²) in [5.41, 5.74) is 0.511. The number of ether oxygens (including phenoxy) is 2. The Morgan fingerprint density at radius 2 is 2.11 bits per heavy atom. The highest BCUT2D eigenvalue weighted by Gasteiger charge is 2.19. The van der Waals surface area contributed by atoms with Gasteiger partial charge in [0.15, 0.2) is 0 Å². The molecule has 0 fully saturated rings. The van der Waals surface area contributed by atoms with Crippen molar-refractivity contribution in [3.63, 3.8) is 0 Å². The highest BCUT2D eigenvalue weighted by molar-refractivity contribution is 5.91. The number of nitrogens with zero attached hydrogens (tertiary/aromatic N) is 2. The largest absolute Gasteiger partial charge is 0.490 e. The maximum absolute atomic E-state index is 11.7. The van der Waals surface area contributed by atoms with Crippen LogP contribution in [-0.4, -0.2) is 23.8 Å². The second kappa shape index (κ2) is 5.57. The Bertz CT molecular complexity index is 527. The third kappa shape index (κ3) is 4.14. The van der Waals surface area contributed by atoms with Crippen LogP contribution in [0.1, 0.15) is 26.5 Å². The Labute approximate surface area is 112 Å². The predicted octanol–water partition coefficient (Wildman–Crippen LogP) is 3.30. The van der Waals surface area contributed by atoms with Crippen LogP contribution < -0.4 is 10.1 Å². The first kappa shape index (κ1) is 14.8. The van der Waals surface area contributed by atoms with Gasteiger partial charge in [-0.1, -0.05) is 0 Å². The van der Waals surface area contributed by atoms with Gasteiger partial charge in [-0.25, -0.2) is 14.6 Å². The molecule has 0 aliphatic heterocycles. The second-order valence-electron chi connectivity index (χ2n) is 4.91. The van der Waals surface area contributed by atoms with Gasteiger partial charge in [0.2, 0.25) is 5.88 Å². The molecular weight excluding hydrogens is 246 g/mol. The van der Waals surface area contributed by atoms with Gasteiger partial charge in [-0.3, -0.25) is 0 Å². The third-order valence-corrected chi connectivity index (χ3v) is 2.03. The molecule has 102 valence electrons. The van der Waals surface area contributed by atoms with Crippen molar-refractivity contribution in [2.75, 3.05) is 12.4 Å². The van der Waals surface area contributed by atoms with E-state index in [1.165, 1.54) is 7.11 Å². The van der Waals surface area contributed by atoms with Crippen LogP contribution in [0, 0.1) is 13.5 Å². The summed E-state index contributed by atoms with van der Waals surface area (Å²) in [7, 11) is 1.42. The lowest BCUT2D eigenvalue weighted by Crippen LogP contribution is -2.27. The molecule has 0 aliphatic rings. The maximum Gasteiger partial charge on any atom is 0.411 e. The number of methoxy groups -OCH3 is 1. The average Bonchev–Trinajstić information content (AvgIpc) is 2.25. The van der Waals surface area contributed by atoms with Gasteiger partial charge in [-0.2, -0.15) is 0 Å². The molecule has 1 amide bonds. The second-order valence-corrected chi connectivity index (χ2v) is 4.91. The molecule has 0 atom stereocenters. The first-order chi connectivity index (χ1) is 8.76. The number of aryl methyl sites for hydroxylation is 1. The van der Waals surface area contributed by atoms with Crippen molar-refractivity contribution in [1.82, 2.24) is 4.98 Å². The van der Waals surface area contributed by atoms with E-state index in [1.54, 1.807) is 33.8 Å². The van der Waals surface area contributed by atoms with E-state index in [0.717, 1.165) is 0 Å². The lowest BCUT2D eigenvalue weighted by atomic mass is 10.2. The molecule has 1 N–H and O–H groups in total. The molecule has 0 unspecified atom stereocenters. The van der Waals surface area contributed by atoms with E-state index in [0.29, 0.717) is 11.4 Å². The highest BCUT2D eigenvalue weighted by Crippen LogP contribution is 2.34. The standard InChI is InChI=1S/C13H17N3O3/c1-8-7-9(10(14-5)11(15-8)18-6)16-12(17)19-13(2,3)4/h7H,1-4,6H3,(H,15,16,17). The normalized spacial score (nSPS) is 10.5. The zero-order valence-electron chi connectivity index (χ0n) is 11.7. The van der Waals surface area contributed by atoms with E-state index in [9.17, 15) is 4.79 Å². The van der Waals surface area contributed by atoms with Crippen molar-refractivity contribution in [2.24, 2.45) is 0 Å². The number of aromatic nitrogens is 1. The molecule has 0 aliphatic carbocycles. The molecular formula is C13H17N3O3. The quantitative estimate of drug-likeness (QED) is 0.831. The van der Waals surface area contributed by atoms with Gasteiger partial charge >= 0.3 is 6.09 Å². The van der Waals surface area contributed by atoms with Gasteiger partial charge in [0.05, 0.1) is 19.4 Å². The number of nitrogens with one attached hydrogen (secondary N) is 1. The Morgan fingerprint density at radius 1 is 1.47 bits per heavy atom. The summed E-state index contributed by atoms with van der Waals surface area (Å²) in [5, 5.41) is 2.54. The van der Waals surface area contributed by atoms with Crippen LogP contribution in [0.2, 0.25) is 0 Å². The topological polar surface area (TPSA) is 64.8 Å². The predicted molar refractivity (Wildman–Crippen MR) is 71.6 cm³/mol. The molecule has 0 spiro atoms. The van der Waals surface area contributed by atoms with Crippen LogP contribution in [0.5, 0.6) is 5.88 Å². The third-order valence-electron chi connectivity index (χ3n) is 2.03. The molecule has 1 rings (SSSR count). The zero-order valence-corrected chi connectivity index (χ0v) is 11.7. The molecule has 6 heteroatoms. The Balaban J connectivity index is 3.04. The van der Waals surface area contributed by atoms with Crippen LogP contribution in [-0.2, 0) is 4.74 Å². The van der Waals surface area contributed by atoms with Crippen molar-refractivity contribution in [1.29, 1.82) is 0 Å². The lowest BCUT2D eigenvalue weighted by Gasteiger charge is -2.20. The summed E-state index contributed by atoms with van der Waals surface area (Å²) in [5.74, 6) is 0.182. The number of hydrogen-bond acceptors (Lipinski definition) is 4. The van der Waals surface area contributed by atoms with Gasteiger partial charge in [0.1, 0.15) is 5.60 Å². The number of carbonyl (C=O) groups is 1.